The molecule has 1 aliphatic heterocycles. The fraction of sp³-hybridized carbons (Fsp3) is 0.0588. The van der Waals surface area contributed by atoms with Gasteiger partial charge in [0.15, 0.2) is 4.32 Å². The number of carbonyl (C=O) groups is 1. The molecular formula is C17H13NO2S2. The number of thioether (sulfide) groups is 1. The van der Waals surface area contributed by atoms with Crippen LogP contribution in [-0.2, 0) is 4.79 Å². The predicted octanol–water partition coefficient (Wildman–Crippen LogP) is 4.11. The summed E-state index contributed by atoms with van der Waals surface area (Å²) in [5, 5.41) is 9.82. The highest BCUT2D eigenvalue weighted by atomic mass is 32.2. The Hall–Kier alpha value is -2.11. The molecule has 5 heteroatoms. The third-order valence-electron chi connectivity index (χ3n) is 3.31. The number of benzene rings is 2. The number of aromatic hydroxyl groups is 1. The molecule has 1 N–H and O–H groups in total. The summed E-state index contributed by atoms with van der Waals surface area (Å²) >= 11 is 6.57. The van der Waals surface area contributed by atoms with Crippen LogP contribution < -0.4 is 4.90 Å². The molecule has 0 unspecified atom stereocenters. The topological polar surface area (TPSA) is 40.5 Å². The number of carbonyl (C=O) groups excluding carboxylic acids is 1. The lowest BCUT2D eigenvalue weighted by Crippen LogP contribution is -2.27. The van der Waals surface area contributed by atoms with Crippen molar-refractivity contribution in [3.05, 3.63) is 64.6 Å². The summed E-state index contributed by atoms with van der Waals surface area (Å²) in [6.07, 6.45) is 1.67. The molecule has 110 valence electrons. The summed E-state index contributed by atoms with van der Waals surface area (Å²) < 4.78 is 0.496. The van der Waals surface area contributed by atoms with Gasteiger partial charge in [0.05, 0.1) is 10.6 Å². The maximum absolute atomic E-state index is 12.6. The van der Waals surface area contributed by atoms with Gasteiger partial charge in [-0.3, -0.25) is 9.69 Å². The SMILES string of the molecule is Cc1ccc(N2C(=O)/C(=C/c3ccccc3O)SC2=S)cc1. The molecule has 1 heterocycles. The van der Waals surface area contributed by atoms with Crippen molar-refractivity contribution in [3.63, 3.8) is 0 Å². The van der Waals surface area contributed by atoms with Crippen LogP contribution in [0.1, 0.15) is 11.1 Å². The fourth-order valence-corrected chi connectivity index (χ4v) is 3.42. The number of amides is 1. The highest BCUT2D eigenvalue weighted by Crippen LogP contribution is 2.36. The Morgan fingerprint density at radius 3 is 2.50 bits per heavy atom. The van der Waals surface area contributed by atoms with Crippen LogP contribution in [0.2, 0.25) is 0 Å². The fourth-order valence-electron chi connectivity index (χ4n) is 2.13. The van der Waals surface area contributed by atoms with Crippen molar-refractivity contribution >= 4 is 46.0 Å². The van der Waals surface area contributed by atoms with Crippen LogP contribution >= 0.6 is 24.0 Å². The molecule has 2 aromatic carbocycles. The number of phenolic OH excluding ortho intramolecular Hbond substituents is 1. The van der Waals surface area contributed by atoms with Crippen LogP contribution in [0.15, 0.2) is 53.4 Å². The van der Waals surface area contributed by atoms with Crippen LogP contribution in [0.4, 0.5) is 5.69 Å². The van der Waals surface area contributed by atoms with Gasteiger partial charge in [-0.15, -0.1) is 0 Å². The molecule has 1 fully saturated rings. The predicted molar refractivity (Wildman–Crippen MR) is 94.9 cm³/mol. The molecule has 1 amide bonds. The van der Waals surface area contributed by atoms with E-state index in [0.717, 1.165) is 11.3 Å². The van der Waals surface area contributed by atoms with Gasteiger partial charge >= 0.3 is 0 Å². The first-order chi connectivity index (χ1) is 10.6. The zero-order valence-electron chi connectivity index (χ0n) is 11.8. The van der Waals surface area contributed by atoms with Gasteiger partial charge in [-0.1, -0.05) is 59.9 Å². The minimum Gasteiger partial charge on any atom is -0.507 e. The van der Waals surface area contributed by atoms with Gasteiger partial charge in [0, 0.05) is 5.56 Å². The van der Waals surface area contributed by atoms with Crippen molar-refractivity contribution in [1.29, 1.82) is 0 Å². The zero-order chi connectivity index (χ0) is 15.7. The van der Waals surface area contributed by atoms with Crippen molar-refractivity contribution in [1.82, 2.24) is 0 Å². The second kappa shape index (κ2) is 5.94. The second-order valence-corrected chi connectivity index (χ2v) is 6.59. The van der Waals surface area contributed by atoms with Crippen LogP contribution in [0, 0.1) is 6.92 Å². The van der Waals surface area contributed by atoms with Crippen molar-refractivity contribution in [2.24, 2.45) is 0 Å². The number of phenols is 1. The number of hydrogen-bond donors (Lipinski definition) is 1. The minimum absolute atomic E-state index is 0.142. The quantitative estimate of drug-likeness (QED) is 0.666. The molecule has 2 aromatic rings. The number of hydrogen-bond acceptors (Lipinski definition) is 4. The third-order valence-corrected chi connectivity index (χ3v) is 4.61. The van der Waals surface area contributed by atoms with Gasteiger partial charge in [-0.05, 0) is 31.2 Å². The summed E-state index contributed by atoms with van der Waals surface area (Å²) in [6, 6.07) is 14.5. The van der Waals surface area contributed by atoms with Crippen molar-refractivity contribution in [2.45, 2.75) is 6.92 Å². The molecule has 0 atom stereocenters. The van der Waals surface area contributed by atoms with Gasteiger partial charge in [0.1, 0.15) is 5.75 Å². The summed E-state index contributed by atoms with van der Waals surface area (Å²) in [5.41, 5.74) is 2.49. The molecule has 3 rings (SSSR count). The van der Waals surface area contributed by atoms with E-state index in [0.29, 0.717) is 14.8 Å². The standard InChI is InChI=1S/C17H13NO2S2/c1-11-6-8-13(9-7-11)18-16(20)15(22-17(18)21)10-12-4-2-3-5-14(12)19/h2-10,19H,1H3/b15-10-. The number of thiocarbonyl (C=S) groups is 1. The molecule has 0 aliphatic carbocycles. The molecule has 1 aliphatic rings. The van der Waals surface area contributed by atoms with Gasteiger partial charge in [0.25, 0.3) is 5.91 Å². The largest absolute Gasteiger partial charge is 0.507 e. The highest BCUT2D eigenvalue weighted by Gasteiger charge is 2.33. The average Bonchev–Trinajstić information content (AvgIpc) is 2.77. The average molecular weight is 327 g/mol. The Bertz CT molecular complexity index is 782. The van der Waals surface area contributed by atoms with E-state index < -0.39 is 0 Å². The van der Waals surface area contributed by atoms with E-state index in [1.165, 1.54) is 16.7 Å². The van der Waals surface area contributed by atoms with Crippen molar-refractivity contribution < 1.29 is 9.90 Å². The maximum Gasteiger partial charge on any atom is 0.270 e. The highest BCUT2D eigenvalue weighted by molar-refractivity contribution is 8.27. The van der Waals surface area contributed by atoms with E-state index in [1.807, 2.05) is 37.3 Å². The van der Waals surface area contributed by atoms with E-state index in [-0.39, 0.29) is 11.7 Å². The summed E-state index contributed by atoms with van der Waals surface area (Å²) in [7, 11) is 0. The Morgan fingerprint density at radius 2 is 1.82 bits per heavy atom. The molecule has 0 spiro atoms. The molecule has 22 heavy (non-hydrogen) atoms. The van der Waals surface area contributed by atoms with Crippen LogP contribution in [0.25, 0.3) is 6.08 Å². The number of para-hydroxylation sites is 1. The van der Waals surface area contributed by atoms with Crippen molar-refractivity contribution in [3.8, 4) is 5.75 Å². The number of rotatable bonds is 2. The Kier molecular flexibility index (Phi) is 4.00. The first-order valence-electron chi connectivity index (χ1n) is 6.69. The van der Waals surface area contributed by atoms with Gasteiger partial charge in [-0.2, -0.15) is 0 Å². The molecule has 0 aromatic heterocycles. The van der Waals surface area contributed by atoms with Crippen LogP contribution in [-0.4, -0.2) is 15.3 Å². The molecular weight excluding hydrogens is 314 g/mol. The maximum atomic E-state index is 12.6. The zero-order valence-corrected chi connectivity index (χ0v) is 13.4. The summed E-state index contributed by atoms with van der Waals surface area (Å²) in [4.78, 5) is 14.6. The van der Waals surface area contributed by atoms with Gasteiger partial charge < -0.3 is 5.11 Å². The monoisotopic (exact) mass is 327 g/mol. The summed E-state index contributed by atoms with van der Waals surface area (Å²) in [6.45, 7) is 1.99. The molecule has 0 bridgehead atoms. The normalized spacial score (nSPS) is 16.6. The number of aryl methyl sites for hydroxylation is 1. The molecule has 3 nitrogen and oxygen atoms in total. The van der Waals surface area contributed by atoms with E-state index in [4.69, 9.17) is 12.2 Å². The number of nitrogens with zero attached hydrogens (tertiary/aromatic N) is 1. The van der Waals surface area contributed by atoms with E-state index >= 15 is 0 Å². The molecule has 0 radical (unpaired) electrons. The summed E-state index contributed by atoms with van der Waals surface area (Å²) in [5.74, 6) is -0.0230. The first kappa shape index (κ1) is 14.8. The lowest BCUT2D eigenvalue weighted by atomic mass is 10.2. The van der Waals surface area contributed by atoms with E-state index in [1.54, 1.807) is 24.3 Å². The number of anilines is 1. The lowest BCUT2D eigenvalue weighted by molar-refractivity contribution is -0.113. The second-order valence-electron chi connectivity index (χ2n) is 4.91. The molecule has 0 saturated carbocycles. The molecule has 1 saturated heterocycles. The lowest BCUT2D eigenvalue weighted by Gasteiger charge is -2.14. The van der Waals surface area contributed by atoms with Crippen LogP contribution in [0.5, 0.6) is 5.75 Å². The van der Waals surface area contributed by atoms with E-state index in [9.17, 15) is 9.90 Å². The Balaban J connectivity index is 1.95. The smallest absolute Gasteiger partial charge is 0.270 e. The minimum atomic E-state index is -0.165. The Morgan fingerprint density at radius 1 is 1.14 bits per heavy atom. The van der Waals surface area contributed by atoms with Crippen LogP contribution in [0.3, 0.4) is 0 Å². The Labute approximate surface area is 138 Å². The van der Waals surface area contributed by atoms with Crippen molar-refractivity contribution in [2.75, 3.05) is 4.90 Å². The van der Waals surface area contributed by atoms with Gasteiger partial charge in [0.2, 0.25) is 0 Å². The third kappa shape index (κ3) is 2.77. The van der Waals surface area contributed by atoms with E-state index in [2.05, 4.69) is 0 Å². The van der Waals surface area contributed by atoms with Gasteiger partial charge in [-0.25, -0.2) is 0 Å². The first-order valence-corrected chi connectivity index (χ1v) is 7.91.